The van der Waals surface area contributed by atoms with Gasteiger partial charge in [-0.25, -0.2) is 29.4 Å². The number of hydrogen-bond acceptors (Lipinski definition) is 31. The van der Waals surface area contributed by atoms with E-state index in [0.29, 0.717) is 92.7 Å². The van der Waals surface area contributed by atoms with E-state index in [2.05, 4.69) is 37.0 Å². The second kappa shape index (κ2) is 44.5. The van der Waals surface area contributed by atoms with Crippen molar-refractivity contribution in [2.45, 2.75) is 141 Å². The van der Waals surface area contributed by atoms with Crippen LogP contribution in [-0.4, -0.2) is 291 Å². The van der Waals surface area contributed by atoms with E-state index in [1.165, 1.54) is 30.5 Å². The second-order valence-electron chi connectivity index (χ2n) is 28.3. The average Bonchev–Trinajstić information content (AvgIpc) is 1.57. The molecule has 652 valence electrons. The van der Waals surface area contributed by atoms with Gasteiger partial charge in [0.1, 0.15) is 71.5 Å². The van der Waals surface area contributed by atoms with Gasteiger partial charge in [0.05, 0.1) is 141 Å². The highest BCUT2D eigenvalue weighted by Crippen LogP contribution is 2.44. The average molecular weight is 1690 g/mol. The van der Waals surface area contributed by atoms with Gasteiger partial charge in [-0.15, -0.1) is 0 Å². The van der Waals surface area contributed by atoms with Crippen molar-refractivity contribution >= 4 is 85.2 Å². The van der Waals surface area contributed by atoms with E-state index in [9.17, 15) is 81.7 Å². The number of carboxylic acids is 1. The maximum absolute atomic E-state index is 14.8. The summed E-state index contributed by atoms with van der Waals surface area (Å²) in [5.74, 6) is -9.67. The zero-order valence-electron chi connectivity index (χ0n) is 67.1. The van der Waals surface area contributed by atoms with Crippen LogP contribution in [0.25, 0.3) is 33.3 Å². The highest BCUT2D eigenvalue weighted by molar-refractivity contribution is 7.85. The summed E-state index contributed by atoms with van der Waals surface area (Å²) in [4.78, 5) is 131. The number of aryl methyl sites for hydroxylation is 2. The molecular formula is C78H105N11O29S. The number of aliphatic hydroxyl groups excluding tert-OH is 3. The Hall–Kier alpha value is -9.80. The largest absolute Gasteiger partial charge is 0.508 e. The van der Waals surface area contributed by atoms with Gasteiger partial charge < -0.3 is 118 Å². The number of aliphatic carboxylic acids is 1. The highest BCUT2D eigenvalue weighted by atomic mass is 32.2. The van der Waals surface area contributed by atoms with Crippen LogP contribution >= 0.6 is 0 Å². The summed E-state index contributed by atoms with van der Waals surface area (Å²) < 4.78 is 104. The molecule has 2 aromatic carbocycles. The van der Waals surface area contributed by atoms with Gasteiger partial charge in [-0.1, -0.05) is 27.7 Å². The Balaban J connectivity index is 0.617. The number of esters is 2. The SMILES string of the molecule is CCc1c2c(nc3ccc(O)cc13)-c1cc3c(c(=O)n1C2)COC(=O)[C@@]3(CC)OC(=O)c1ccc(NC(=O)[C@H](C)NC(=O)[C@@H](NC(=O)CCOCCOCCOCCOCCOCCOCCOCCOCCNC(=O)[C@H](CS(=O)(=O)O)NC(=O)CCn2c(CN(C)NC)cc3cccnc32)C(C)C)cc1O[C@@H]1O[C@H](C(=O)O)[C@@H](O)[C@H](O)[C@H]1O. The summed E-state index contributed by atoms with van der Waals surface area (Å²) in [6.07, 6.45) is -9.10. The maximum atomic E-state index is 14.8. The molecule has 0 bridgehead atoms. The lowest BCUT2D eigenvalue weighted by Gasteiger charge is -2.38. The molecule has 0 spiro atoms. The van der Waals surface area contributed by atoms with E-state index in [0.717, 1.165) is 28.8 Å². The van der Waals surface area contributed by atoms with Crippen LogP contribution in [0.15, 0.2) is 71.7 Å². The second-order valence-corrected chi connectivity index (χ2v) is 29.8. The minimum atomic E-state index is -4.64. The van der Waals surface area contributed by atoms with Crippen LogP contribution < -0.4 is 42.3 Å². The smallest absolute Gasteiger partial charge is 0.355 e. The van der Waals surface area contributed by atoms with Gasteiger partial charge in [0.15, 0.2) is 6.10 Å². The molecule has 7 heterocycles. The number of hydrazine groups is 1. The number of aromatic hydroxyl groups is 1. The summed E-state index contributed by atoms with van der Waals surface area (Å²) in [7, 11) is -1.00. The first-order valence-electron chi connectivity index (χ1n) is 38.9. The Bertz CT molecular complexity index is 4700. The number of pyridine rings is 3. The van der Waals surface area contributed by atoms with Crippen LogP contribution in [0.3, 0.4) is 0 Å². The number of benzene rings is 2. The van der Waals surface area contributed by atoms with Crippen molar-refractivity contribution < 1.29 is 134 Å². The zero-order chi connectivity index (χ0) is 86.1. The maximum Gasteiger partial charge on any atom is 0.355 e. The summed E-state index contributed by atoms with van der Waals surface area (Å²) >= 11 is 0. The van der Waals surface area contributed by atoms with E-state index in [1.807, 2.05) is 35.7 Å². The van der Waals surface area contributed by atoms with Crippen LogP contribution in [0.5, 0.6) is 11.5 Å². The molecule has 1 fully saturated rings. The Morgan fingerprint density at radius 2 is 1.34 bits per heavy atom. The molecule has 0 saturated carbocycles. The minimum absolute atomic E-state index is 0.00111. The number of nitrogens with zero attached hydrogens (tertiary/aromatic N) is 5. The van der Waals surface area contributed by atoms with Crippen LogP contribution in [0.2, 0.25) is 0 Å². The Morgan fingerprint density at radius 3 is 1.94 bits per heavy atom. The van der Waals surface area contributed by atoms with Crippen LogP contribution in [0, 0.1) is 5.92 Å². The lowest BCUT2D eigenvalue weighted by atomic mass is 9.85. The Labute approximate surface area is 684 Å². The topological polar surface area (TPSA) is 531 Å². The minimum Gasteiger partial charge on any atom is -0.508 e. The van der Waals surface area contributed by atoms with Gasteiger partial charge in [-0.2, -0.15) is 8.42 Å². The molecule has 40 nitrogen and oxygen atoms in total. The highest BCUT2D eigenvalue weighted by Gasteiger charge is 2.52. The van der Waals surface area contributed by atoms with Gasteiger partial charge in [0.25, 0.3) is 15.7 Å². The molecule has 6 aromatic rings. The lowest BCUT2D eigenvalue weighted by molar-refractivity contribution is -0.271. The van der Waals surface area contributed by atoms with Crippen molar-refractivity contribution in [1.82, 2.24) is 50.8 Å². The van der Waals surface area contributed by atoms with E-state index < -0.39 is 147 Å². The third-order valence-electron chi connectivity index (χ3n) is 19.7. The number of phenols is 1. The number of amides is 5. The van der Waals surface area contributed by atoms with Crippen molar-refractivity contribution in [3.8, 4) is 22.9 Å². The number of phenolic OH excluding ortho intramolecular Hbond substituents is 1. The van der Waals surface area contributed by atoms with Gasteiger partial charge in [0.2, 0.25) is 41.4 Å². The molecule has 119 heavy (non-hydrogen) atoms. The number of fused-ring (bicyclic) bond motifs is 6. The van der Waals surface area contributed by atoms with Gasteiger partial charge in [-0.3, -0.25) is 38.7 Å². The number of carbonyl (C=O) groups excluding carboxylic acids is 7. The number of aliphatic hydroxyl groups is 3. The van der Waals surface area contributed by atoms with Crippen LogP contribution in [-0.2, 0) is 134 Å². The molecule has 3 aliphatic heterocycles. The number of anilines is 1. The standard InChI is InChI=1S/C78H105N11O29S/c1-8-51-53-39-50(90)13-15-57(53)85-64-54(51)42-89-59(64)40-56-55(73(89)99)43-115-77(103)78(56,9-2)118-75(102)52-14-12-48(38-60(52)116-76-67(95)65(93)66(94)68(117-76)74(100)101)83-70(96)46(5)82-72(98)63(45(3)4)86-62(92)17-21-107-23-25-109-27-29-111-31-33-113-35-36-114-34-32-112-30-28-110-26-24-108-22-19-81-71(97)58(44-119(104,105)106)84-61(91)16-20-88-49(41-87(7)79-6)37-47-11-10-18-80-69(47)88/h10-15,18,37-40,45-46,58,63,65-68,76,79,90,93-95H,8-9,16-17,19-36,41-44H2,1-7H3,(H,81,97)(H,82,98)(H,83,96)(H,84,91)(H,86,92)(H,100,101)(H,104,105,106)/t46-,58-,63-,65-,66-,67+,68-,76+,78-/m0/s1. The van der Waals surface area contributed by atoms with E-state index in [1.54, 1.807) is 51.4 Å². The number of nitrogens with one attached hydrogen (secondary N) is 6. The predicted octanol–water partition coefficient (Wildman–Crippen LogP) is 0.0852. The van der Waals surface area contributed by atoms with Crippen molar-refractivity contribution in [3.63, 3.8) is 0 Å². The summed E-state index contributed by atoms with van der Waals surface area (Å²) in [6, 6.07) is 11.3. The number of hydrogen-bond donors (Lipinski definition) is 12. The normalized spacial score (nSPS) is 18.4. The molecule has 5 amide bonds. The molecule has 0 aliphatic carbocycles. The Morgan fingerprint density at radius 1 is 0.723 bits per heavy atom. The fourth-order valence-corrected chi connectivity index (χ4v) is 14.0. The molecule has 9 rings (SSSR count). The first-order valence-corrected chi connectivity index (χ1v) is 40.5. The number of ether oxygens (including phenoxy) is 12. The van der Waals surface area contributed by atoms with Crippen molar-refractivity contribution in [2.75, 3.05) is 137 Å². The molecule has 0 unspecified atom stereocenters. The monoisotopic (exact) mass is 1690 g/mol. The first kappa shape index (κ1) is 93.1. The molecule has 12 N–H and O–H groups in total. The third kappa shape index (κ3) is 25.2. The van der Waals surface area contributed by atoms with E-state index >= 15 is 0 Å². The van der Waals surface area contributed by atoms with Gasteiger partial charge >= 0.3 is 17.9 Å². The summed E-state index contributed by atoms with van der Waals surface area (Å²) in [6.45, 7) is 12.3. The van der Waals surface area contributed by atoms with Crippen molar-refractivity contribution in [1.29, 1.82) is 0 Å². The molecule has 3 aliphatic rings. The quantitative estimate of drug-likeness (QED) is 0.0104. The Kier molecular flexibility index (Phi) is 34.8. The molecule has 0 radical (unpaired) electrons. The first-order chi connectivity index (χ1) is 57.0. The van der Waals surface area contributed by atoms with Gasteiger partial charge in [0, 0.05) is 78.5 Å². The molecular weight excluding hydrogens is 1590 g/mol. The molecule has 9 atom stereocenters. The van der Waals surface area contributed by atoms with Crippen molar-refractivity contribution in [2.24, 2.45) is 5.92 Å². The lowest BCUT2D eigenvalue weighted by Crippen LogP contribution is -2.61. The summed E-state index contributed by atoms with van der Waals surface area (Å²) in [5.41, 5.74) is 3.84. The number of cyclic esters (lactones) is 1. The van der Waals surface area contributed by atoms with E-state index in [4.69, 9.17) is 61.8 Å². The number of carbonyl (C=O) groups is 8. The van der Waals surface area contributed by atoms with Crippen molar-refractivity contribution in [3.05, 3.63) is 111 Å². The fraction of sp³-hybridized carbons (Fsp3) is 0.551. The molecule has 4 aromatic heterocycles. The third-order valence-corrected chi connectivity index (χ3v) is 20.4. The van der Waals surface area contributed by atoms with Crippen LogP contribution in [0.4, 0.5) is 5.69 Å². The fourth-order valence-electron chi connectivity index (χ4n) is 13.4. The molecule has 41 heteroatoms. The van der Waals surface area contributed by atoms with E-state index in [-0.39, 0.29) is 121 Å². The number of rotatable bonds is 50. The number of carboxylic acid groups (broad SMARTS) is 1. The molecule has 1 saturated heterocycles. The van der Waals surface area contributed by atoms with Crippen LogP contribution in [0.1, 0.15) is 92.2 Å². The van der Waals surface area contributed by atoms with Gasteiger partial charge in [-0.05, 0) is 92.9 Å². The zero-order valence-corrected chi connectivity index (χ0v) is 68.0. The summed E-state index contributed by atoms with van der Waals surface area (Å²) in [5, 5.41) is 68.6. The number of aromatic nitrogens is 4. The predicted molar refractivity (Wildman–Crippen MR) is 421 cm³/mol.